The van der Waals surface area contributed by atoms with Crippen LogP contribution in [0.4, 0.5) is 0 Å². The molecular weight excluding hydrogens is 222 g/mol. The smallest absolute Gasteiger partial charge is 0.267 e. The van der Waals surface area contributed by atoms with Gasteiger partial charge in [-0.15, -0.1) is 0 Å². The van der Waals surface area contributed by atoms with Crippen LogP contribution in [0.2, 0.25) is 0 Å². The molecule has 2 amide bonds. The van der Waals surface area contributed by atoms with Gasteiger partial charge in [0.1, 0.15) is 5.71 Å². The summed E-state index contributed by atoms with van der Waals surface area (Å²) in [5, 5.41) is 15.6. The van der Waals surface area contributed by atoms with Gasteiger partial charge in [-0.1, -0.05) is 13.8 Å². The Morgan fingerprint density at radius 3 is 2.71 bits per heavy atom. The molecule has 1 rings (SSSR count). The first-order chi connectivity index (χ1) is 8.02. The van der Waals surface area contributed by atoms with E-state index in [1.165, 1.54) is 0 Å². The van der Waals surface area contributed by atoms with Gasteiger partial charge < -0.3 is 10.4 Å². The highest BCUT2D eigenvalue weighted by Crippen LogP contribution is 2.05. The molecule has 0 spiro atoms. The number of nitrogens with zero attached hydrogens (tertiary/aromatic N) is 1. The summed E-state index contributed by atoms with van der Waals surface area (Å²) in [4.78, 5) is 22.6. The van der Waals surface area contributed by atoms with Gasteiger partial charge >= 0.3 is 0 Å². The van der Waals surface area contributed by atoms with Crippen LogP contribution in [0.15, 0.2) is 5.10 Å². The number of hydrogen-bond acceptors (Lipinski definition) is 4. The van der Waals surface area contributed by atoms with Crippen molar-refractivity contribution in [3.63, 3.8) is 0 Å². The third-order valence-corrected chi connectivity index (χ3v) is 2.48. The predicted octanol–water partition coefficient (Wildman–Crippen LogP) is -0.224. The number of aliphatic hydroxyl groups excluding tert-OH is 1. The molecule has 0 aliphatic carbocycles. The van der Waals surface area contributed by atoms with E-state index in [1.54, 1.807) is 0 Å². The molecule has 0 fully saturated rings. The van der Waals surface area contributed by atoms with Crippen molar-refractivity contribution in [1.29, 1.82) is 0 Å². The van der Waals surface area contributed by atoms with Gasteiger partial charge in [-0.05, 0) is 12.3 Å². The van der Waals surface area contributed by atoms with Crippen LogP contribution >= 0.6 is 0 Å². The van der Waals surface area contributed by atoms with Crippen molar-refractivity contribution in [3.05, 3.63) is 0 Å². The number of carbonyl (C=O) groups excluding carboxylic acids is 2. The second-order valence-electron chi connectivity index (χ2n) is 4.58. The van der Waals surface area contributed by atoms with Crippen LogP contribution in [-0.4, -0.2) is 35.3 Å². The van der Waals surface area contributed by atoms with Crippen molar-refractivity contribution in [2.45, 2.75) is 39.2 Å². The molecule has 3 N–H and O–H groups in total. The van der Waals surface area contributed by atoms with Crippen molar-refractivity contribution in [2.24, 2.45) is 11.0 Å². The minimum absolute atomic E-state index is 0.0937. The molecule has 0 bridgehead atoms. The molecule has 0 aromatic carbocycles. The number of nitrogens with one attached hydrogen (secondary N) is 2. The number of rotatable bonds is 5. The first kappa shape index (κ1) is 13.6. The van der Waals surface area contributed by atoms with E-state index in [2.05, 4.69) is 15.8 Å². The topological polar surface area (TPSA) is 90.8 Å². The summed E-state index contributed by atoms with van der Waals surface area (Å²) in [7, 11) is 0. The van der Waals surface area contributed by atoms with E-state index in [0.717, 1.165) is 0 Å². The van der Waals surface area contributed by atoms with E-state index in [4.69, 9.17) is 5.11 Å². The molecule has 0 saturated carbocycles. The van der Waals surface area contributed by atoms with Crippen molar-refractivity contribution >= 4 is 17.5 Å². The summed E-state index contributed by atoms with van der Waals surface area (Å²) in [6, 6.07) is -0.261. The highest BCUT2D eigenvalue weighted by Gasteiger charge is 2.21. The van der Waals surface area contributed by atoms with Gasteiger partial charge in [-0.3, -0.25) is 9.59 Å². The average Bonchev–Trinajstić information content (AvgIpc) is 2.28. The largest absolute Gasteiger partial charge is 0.394 e. The van der Waals surface area contributed by atoms with Crippen molar-refractivity contribution in [3.8, 4) is 0 Å². The summed E-state index contributed by atoms with van der Waals surface area (Å²) in [5.74, 6) is -0.104. The van der Waals surface area contributed by atoms with Crippen LogP contribution in [0.25, 0.3) is 0 Å². The number of aliphatic hydroxyl groups is 1. The van der Waals surface area contributed by atoms with Crippen LogP contribution in [0.3, 0.4) is 0 Å². The quantitative estimate of drug-likeness (QED) is 0.621. The third-order valence-electron chi connectivity index (χ3n) is 2.48. The molecular formula is C11H19N3O3. The normalized spacial score (nSPS) is 17.4. The zero-order valence-corrected chi connectivity index (χ0v) is 10.2. The van der Waals surface area contributed by atoms with Crippen molar-refractivity contribution in [1.82, 2.24) is 10.7 Å². The standard InChI is InChI=1S/C11H19N3O3/c1-7(2)5-8(6-15)12-11(17)9-3-4-10(16)14-13-9/h7-8,15H,3-6H2,1-2H3,(H,12,17)(H,14,16). The molecule has 17 heavy (non-hydrogen) atoms. The Bertz CT molecular complexity index is 326. The fourth-order valence-electron chi connectivity index (χ4n) is 1.65. The van der Waals surface area contributed by atoms with Gasteiger partial charge in [0.05, 0.1) is 12.6 Å². The minimum atomic E-state index is -0.315. The third kappa shape index (κ3) is 4.52. The molecule has 0 radical (unpaired) electrons. The lowest BCUT2D eigenvalue weighted by Crippen LogP contribution is -2.44. The monoisotopic (exact) mass is 241 g/mol. The first-order valence-corrected chi connectivity index (χ1v) is 5.80. The fourth-order valence-corrected chi connectivity index (χ4v) is 1.65. The van der Waals surface area contributed by atoms with E-state index in [-0.39, 0.29) is 30.9 Å². The summed E-state index contributed by atoms with van der Waals surface area (Å²) in [5.41, 5.74) is 2.58. The van der Waals surface area contributed by atoms with Gasteiger partial charge in [0.2, 0.25) is 5.91 Å². The van der Waals surface area contributed by atoms with Gasteiger partial charge in [0.15, 0.2) is 0 Å². The zero-order chi connectivity index (χ0) is 12.8. The average molecular weight is 241 g/mol. The van der Waals surface area contributed by atoms with E-state index in [1.807, 2.05) is 13.8 Å². The second kappa shape index (κ2) is 6.34. The van der Waals surface area contributed by atoms with Crippen molar-refractivity contribution < 1.29 is 14.7 Å². The lowest BCUT2D eigenvalue weighted by Gasteiger charge is -2.19. The molecule has 6 heteroatoms. The molecule has 1 atom stereocenters. The Hall–Kier alpha value is -1.43. The zero-order valence-electron chi connectivity index (χ0n) is 10.2. The minimum Gasteiger partial charge on any atom is -0.394 e. The molecule has 6 nitrogen and oxygen atoms in total. The van der Waals surface area contributed by atoms with E-state index >= 15 is 0 Å². The highest BCUT2D eigenvalue weighted by atomic mass is 16.3. The summed E-state index contributed by atoms with van der Waals surface area (Å²) in [6.45, 7) is 3.95. The lowest BCUT2D eigenvalue weighted by molar-refractivity contribution is -0.121. The van der Waals surface area contributed by atoms with Gasteiger partial charge in [-0.2, -0.15) is 5.10 Å². The fraction of sp³-hybridized carbons (Fsp3) is 0.727. The van der Waals surface area contributed by atoms with Crippen molar-refractivity contribution in [2.75, 3.05) is 6.61 Å². The summed E-state index contributed by atoms with van der Waals surface area (Å²) < 4.78 is 0. The Labute approximate surface area is 100 Å². The van der Waals surface area contributed by atoms with Crippen LogP contribution in [0.5, 0.6) is 0 Å². The molecule has 96 valence electrons. The predicted molar refractivity (Wildman–Crippen MR) is 63.3 cm³/mol. The molecule has 0 saturated heterocycles. The SMILES string of the molecule is CC(C)CC(CO)NC(=O)C1=NNC(=O)CC1. The van der Waals surface area contributed by atoms with E-state index in [0.29, 0.717) is 24.5 Å². The van der Waals surface area contributed by atoms with Crippen LogP contribution in [0.1, 0.15) is 33.1 Å². The van der Waals surface area contributed by atoms with Crippen LogP contribution in [0, 0.1) is 5.92 Å². The number of hydrogen-bond donors (Lipinski definition) is 3. The maximum absolute atomic E-state index is 11.8. The van der Waals surface area contributed by atoms with Crippen LogP contribution < -0.4 is 10.7 Å². The van der Waals surface area contributed by atoms with Gasteiger partial charge in [0.25, 0.3) is 5.91 Å². The maximum Gasteiger partial charge on any atom is 0.267 e. The molecule has 1 aliphatic heterocycles. The second-order valence-corrected chi connectivity index (χ2v) is 4.58. The van der Waals surface area contributed by atoms with Gasteiger partial charge in [0, 0.05) is 12.8 Å². The number of amides is 2. The van der Waals surface area contributed by atoms with Gasteiger partial charge in [-0.25, -0.2) is 5.43 Å². The molecule has 1 heterocycles. The van der Waals surface area contributed by atoms with E-state index in [9.17, 15) is 9.59 Å². The Morgan fingerprint density at radius 2 is 2.24 bits per heavy atom. The lowest BCUT2D eigenvalue weighted by atomic mass is 10.0. The summed E-state index contributed by atoms with van der Waals surface area (Å²) >= 11 is 0. The molecule has 0 aromatic rings. The van der Waals surface area contributed by atoms with E-state index < -0.39 is 0 Å². The maximum atomic E-state index is 11.8. The first-order valence-electron chi connectivity index (χ1n) is 5.80. The Balaban J connectivity index is 2.50. The Kier molecular flexibility index (Phi) is 5.09. The molecule has 1 unspecified atom stereocenters. The van der Waals surface area contributed by atoms with Crippen LogP contribution in [-0.2, 0) is 9.59 Å². The molecule has 1 aliphatic rings. The molecule has 0 aromatic heterocycles. The highest BCUT2D eigenvalue weighted by molar-refractivity contribution is 6.39. The number of carbonyl (C=O) groups is 2. The Morgan fingerprint density at radius 1 is 1.53 bits per heavy atom. The summed E-state index contributed by atoms with van der Waals surface area (Å²) in [6.07, 6.45) is 1.33. The number of hydrazone groups is 1.